The monoisotopic (exact) mass is 456 g/mol. The summed E-state index contributed by atoms with van der Waals surface area (Å²) in [7, 11) is 0. The number of fused-ring (bicyclic) bond motifs is 1. The van der Waals surface area contributed by atoms with Crippen LogP contribution in [0.25, 0.3) is 10.9 Å². The average molecular weight is 457 g/mol. The average Bonchev–Trinajstić information content (AvgIpc) is 2.83. The molecule has 0 aliphatic carbocycles. The summed E-state index contributed by atoms with van der Waals surface area (Å²) >= 11 is 5.27. The third-order valence-corrected chi connectivity index (χ3v) is 5.70. The van der Waals surface area contributed by atoms with Gasteiger partial charge >= 0.3 is 0 Å². The highest BCUT2D eigenvalue weighted by Crippen LogP contribution is 2.21. The Hall–Kier alpha value is -3.97. The first-order valence-corrected chi connectivity index (χ1v) is 11.0. The SMILES string of the molecule is C=CCn1c(=S)[nH]c2cc(C(=O)Nc3ccc(NC(C)c4ccccc4)cc3)ccc2c1=O. The Morgan fingerprint density at radius 1 is 1.09 bits per heavy atom. The Balaban J connectivity index is 1.48. The number of hydrogen-bond acceptors (Lipinski definition) is 4. The molecule has 1 atom stereocenters. The van der Waals surface area contributed by atoms with Gasteiger partial charge in [-0.1, -0.05) is 36.4 Å². The van der Waals surface area contributed by atoms with Crippen LogP contribution in [0.1, 0.15) is 28.9 Å². The molecule has 0 saturated heterocycles. The number of allylic oxidation sites excluding steroid dienone is 1. The number of aromatic amines is 1. The lowest BCUT2D eigenvalue weighted by Gasteiger charge is -2.16. The lowest BCUT2D eigenvalue weighted by molar-refractivity contribution is 0.102. The zero-order valence-electron chi connectivity index (χ0n) is 18.2. The van der Waals surface area contributed by atoms with E-state index in [1.807, 2.05) is 42.5 Å². The summed E-state index contributed by atoms with van der Waals surface area (Å²) in [6.07, 6.45) is 1.61. The number of carbonyl (C=O) groups excluding carboxylic acids is 1. The van der Waals surface area contributed by atoms with Crippen molar-refractivity contribution in [2.45, 2.75) is 19.5 Å². The molecular formula is C26H24N4O2S. The highest BCUT2D eigenvalue weighted by Gasteiger charge is 2.11. The topological polar surface area (TPSA) is 78.9 Å². The van der Waals surface area contributed by atoms with Crippen LogP contribution in [0.15, 0.2) is 90.2 Å². The third-order valence-electron chi connectivity index (χ3n) is 5.38. The van der Waals surface area contributed by atoms with Crippen LogP contribution in [0, 0.1) is 4.77 Å². The number of hydrogen-bond donors (Lipinski definition) is 3. The second-order valence-corrected chi connectivity index (χ2v) is 8.09. The van der Waals surface area contributed by atoms with Crippen molar-refractivity contribution in [2.75, 3.05) is 10.6 Å². The molecule has 0 aliphatic rings. The van der Waals surface area contributed by atoms with Gasteiger partial charge in [0.15, 0.2) is 4.77 Å². The Kier molecular flexibility index (Phi) is 6.51. The Bertz CT molecular complexity index is 1420. The van der Waals surface area contributed by atoms with Crippen LogP contribution in [-0.2, 0) is 6.54 Å². The highest BCUT2D eigenvalue weighted by atomic mass is 32.1. The zero-order valence-corrected chi connectivity index (χ0v) is 19.0. The van der Waals surface area contributed by atoms with Gasteiger partial charge in [-0.2, -0.15) is 0 Å². The van der Waals surface area contributed by atoms with Crippen molar-refractivity contribution in [1.82, 2.24) is 9.55 Å². The number of anilines is 2. The first-order chi connectivity index (χ1) is 16.0. The predicted molar refractivity (Wildman–Crippen MR) is 136 cm³/mol. The second kappa shape index (κ2) is 9.67. The molecule has 0 bridgehead atoms. The fourth-order valence-corrected chi connectivity index (χ4v) is 3.89. The standard InChI is InChI=1S/C26H24N4O2S/c1-3-15-30-25(32)22-14-9-19(16-23(22)29-26(30)33)24(31)28-21-12-10-20(11-13-21)27-17(2)18-7-5-4-6-8-18/h3-14,16-17,27H,1,15H2,2H3,(H,28,31)(H,29,33). The van der Waals surface area contributed by atoms with Gasteiger partial charge in [-0.15, -0.1) is 6.58 Å². The van der Waals surface area contributed by atoms with E-state index in [1.54, 1.807) is 24.3 Å². The van der Waals surface area contributed by atoms with Crippen LogP contribution in [0.2, 0.25) is 0 Å². The van der Waals surface area contributed by atoms with Crippen molar-refractivity contribution in [3.8, 4) is 0 Å². The maximum atomic E-state index is 12.8. The maximum Gasteiger partial charge on any atom is 0.262 e. The van der Waals surface area contributed by atoms with E-state index < -0.39 is 0 Å². The van der Waals surface area contributed by atoms with E-state index in [-0.39, 0.29) is 22.3 Å². The number of aromatic nitrogens is 2. The van der Waals surface area contributed by atoms with Gasteiger partial charge in [0.2, 0.25) is 0 Å². The minimum Gasteiger partial charge on any atom is -0.379 e. The largest absolute Gasteiger partial charge is 0.379 e. The highest BCUT2D eigenvalue weighted by molar-refractivity contribution is 7.71. The Morgan fingerprint density at radius 2 is 1.79 bits per heavy atom. The smallest absolute Gasteiger partial charge is 0.262 e. The minimum absolute atomic E-state index is 0.158. The molecule has 3 N–H and O–H groups in total. The molecule has 33 heavy (non-hydrogen) atoms. The summed E-state index contributed by atoms with van der Waals surface area (Å²) in [6, 6.07) is 22.8. The van der Waals surface area contributed by atoms with Crippen molar-refractivity contribution in [2.24, 2.45) is 0 Å². The van der Waals surface area contributed by atoms with Gasteiger partial charge in [0, 0.05) is 29.5 Å². The molecule has 4 aromatic rings. The van der Waals surface area contributed by atoms with E-state index in [2.05, 4.69) is 41.3 Å². The molecule has 0 saturated carbocycles. The fourth-order valence-electron chi connectivity index (χ4n) is 3.62. The molecule has 0 spiro atoms. The van der Waals surface area contributed by atoms with E-state index in [0.29, 0.717) is 28.7 Å². The molecule has 1 aromatic heterocycles. The van der Waals surface area contributed by atoms with Gasteiger partial charge in [-0.25, -0.2) is 0 Å². The third kappa shape index (κ3) is 4.94. The molecule has 7 heteroatoms. The van der Waals surface area contributed by atoms with Crippen LogP contribution in [0.4, 0.5) is 11.4 Å². The lowest BCUT2D eigenvalue weighted by Crippen LogP contribution is -2.22. The molecular weight excluding hydrogens is 432 g/mol. The molecule has 4 rings (SSSR count). The van der Waals surface area contributed by atoms with Gasteiger partial charge in [0.05, 0.1) is 10.9 Å². The molecule has 1 heterocycles. The lowest BCUT2D eigenvalue weighted by atomic mass is 10.1. The molecule has 1 amide bonds. The van der Waals surface area contributed by atoms with Crippen molar-refractivity contribution < 1.29 is 4.79 Å². The number of H-pyrrole nitrogens is 1. The van der Waals surface area contributed by atoms with Gasteiger partial charge in [-0.3, -0.25) is 14.2 Å². The van der Waals surface area contributed by atoms with E-state index in [1.165, 1.54) is 10.1 Å². The van der Waals surface area contributed by atoms with E-state index in [9.17, 15) is 9.59 Å². The molecule has 0 radical (unpaired) electrons. The summed E-state index contributed by atoms with van der Waals surface area (Å²) in [4.78, 5) is 28.4. The predicted octanol–water partition coefficient (Wildman–Crippen LogP) is 5.67. The number of nitrogens with zero attached hydrogens (tertiary/aromatic N) is 1. The quantitative estimate of drug-likeness (QED) is 0.247. The number of carbonyl (C=O) groups is 1. The van der Waals surface area contributed by atoms with Gasteiger partial charge in [0.1, 0.15) is 0 Å². The van der Waals surface area contributed by atoms with Crippen LogP contribution in [0.3, 0.4) is 0 Å². The molecule has 6 nitrogen and oxygen atoms in total. The van der Waals surface area contributed by atoms with E-state index in [0.717, 1.165) is 5.69 Å². The van der Waals surface area contributed by atoms with E-state index in [4.69, 9.17) is 12.2 Å². The fraction of sp³-hybridized carbons (Fsp3) is 0.115. The van der Waals surface area contributed by atoms with E-state index >= 15 is 0 Å². The number of rotatable bonds is 7. The summed E-state index contributed by atoms with van der Waals surface area (Å²) in [5, 5.41) is 6.81. The maximum absolute atomic E-state index is 12.8. The van der Waals surface area contributed by atoms with Crippen LogP contribution in [0.5, 0.6) is 0 Å². The second-order valence-electron chi connectivity index (χ2n) is 7.70. The number of amides is 1. The zero-order chi connectivity index (χ0) is 23.4. The van der Waals surface area contributed by atoms with Crippen molar-refractivity contribution in [1.29, 1.82) is 0 Å². The van der Waals surface area contributed by atoms with Crippen LogP contribution < -0.4 is 16.2 Å². The van der Waals surface area contributed by atoms with Crippen LogP contribution >= 0.6 is 12.2 Å². The molecule has 0 aliphatic heterocycles. The summed E-state index contributed by atoms with van der Waals surface area (Å²) < 4.78 is 1.72. The summed E-state index contributed by atoms with van der Waals surface area (Å²) in [5.41, 5.74) is 3.56. The molecule has 166 valence electrons. The van der Waals surface area contributed by atoms with Crippen molar-refractivity contribution >= 4 is 40.4 Å². The van der Waals surface area contributed by atoms with Gasteiger partial charge in [-0.05, 0) is 67.2 Å². The van der Waals surface area contributed by atoms with Gasteiger partial charge < -0.3 is 15.6 Å². The molecule has 0 fully saturated rings. The Morgan fingerprint density at radius 3 is 2.48 bits per heavy atom. The molecule has 1 unspecified atom stereocenters. The van der Waals surface area contributed by atoms with Crippen molar-refractivity contribution in [3.63, 3.8) is 0 Å². The normalized spacial score (nSPS) is 11.7. The summed E-state index contributed by atoms with van der Waals surface area (Å²) in [6.45, 7) is 6.07. The van der Waals surface area contributed by atoms with Gasteiger partial charge in [0.25, 0.3) is 11.5 Å². The van der Waals surface area contributed by atoms with Crippen molar-refractivity contribution in [3.05, 3.63) is 112 Å². The number of benzene rings is 3. The molecule has 3 aromatic carbocycles. The minimum atomic E-state index is -0.273. The number of nitrogens with one attached hydrogen (secondary N) is 3. The summed E-state index contributed by atoms with van der Waals surface area (Å²) in [5.74, 6) is -0.273. The first-order valence-electron chi connectivity index (χ1n) is 10.6. The Labute approximate surface area is 196 Å². The first kappa shape index (κ1) is 22.2. The van der Waals surface area contributed by atoms with Crippen LogP contribution in [-0.4, -0.2) is 15.5 Å².